The van der Waals surface area contributed by atoms with Gasteiger partial charge in [-0.1, -0.05) is 90.5 Å². The van der Waals surface area contributed by atoms with Crippen molar-refractivity contribution in [3.8, 4) is 0 Å². The van der Waals surface area contributed by atoms with Crippen molar-refractivity contribution in [2.45, 2.75) is 26.1 Å². The number of hydrogen-bond donors (Lipinski definition) is 1. The highest BCUT2D eigenvalue weighted by Gasteiger charge is 2.29. The van der Waals surface area contributed by atoms with E-state index in [-0.39, 0.29) is 11.8 Å². The molecule has 148 valence electrons. The number of carbonyl (C=O) groups excluding carboxylic acids is 2. The van der Waals surface area contributed by atoms with Gasteiger partial charge in [0, 0.05) is 25.0 Å². The molecule has 0 radical (unpaired) electrons. The molecule has 0 aliphatic carbocycles. The van der Waals surface area contributed by atoms with Crippen LogP contribution in [-0.2, 0) is 22.7 Å². The normalized spacial score (nSPS) is 11.5. The Kier molecular flexibility index (Phi) is 7.04. The summed E-state index contributed by atoms with van der Waals surface area (Å²) in [7, 11) is 0. The Balaban J connectivity index is 1.87. The lowest BCUT2D eigenvalue weighted by atomic mass is 10.0. The number of benzene rings is 3. The Morgan fingerprint density at radius 1 is 0.897 bits per heavy atom. The Labute approximate surface area is 176 Å². The molecule has 1 N–H and O–H groups in total. The smallest absolute Gasteiger partial charge is 0.247 e. The fourth-order valence-electron chi connectivity index (χ4n) is 3.19. The van der Waals surface area contributed by atoms with Crippen LogP contribution >= 0.6 is 11.6 Å². The van der Waals surface area contributed by atoms with Gasteiger partial charge in [-0.05, 0) is 22.8 Å². The van der Waals surface area contributed by atoms with Crippen molar-refractivity contribution in [3.05, 3.63) is 107 Å². The maximum atomic E-state index is 13.2. The number of carbonyl (C=O) groups is 2. The average Bonchev–Trinajstić information content (AvgIpc) is 2.74. The fourth-order valence-corrected chi connectivity index (χ4v) is 3.40. The van der Waals surface area contributed by atoms with Crippen LogP contribution in [0.15, 0.2) is 84.9 Å². The number of amides is 2. The Hall–Kier alpha value is -3.11. The minimum atomic E-state index is -0.739. The van der Waals surface area contributed by atoms with Crippen molar-refractivity contribution < 1.29 is 9.59 Å². The van der Waals surface area contributed by atoms with Crippen molar-refractivity contribution >= 4 is 23.4 Å². The second kappa shape index (κ2) is 9.89. The summed E-state index contributed by atoms with van der Waals surface area (Å²) in [6.07, 6.45) is 0. The van der Waals surface area contributed by atoms with Gasteiger partial charge in [-0.2, -0.15) is 0 Å². The maximum Gasteiger partial charge on any atom is 0.247 e. The molecule has 1 unspecified atom stereocenters. The third kappa shape index (κ3) is 5.46. The largest absolute Gasteiger partial charge is 0.350 e. The first-order chi connectivity index (χ1) is 14.1. The summed E-state index contributed by atoms with van der Waals surface area (Å²) in [6.45, 7) is 2.12. The van der Waals surface area contributed by atoms with E-state index in [4.69, 9.17) is 11.6 Å². The van der Waals surface area contributed by atoms with Gasteiger partial charge in [0.1, 0.15) is 6.04 Å². The van der Waals surface area contributed by atoms with E-state index in [9.17, 15) is 9.59 Å². The highest BCUT2D eigenvalue weighted by Crippen LogP contribution is 2.24. The van der Waals surface area contributed by atoms with E-state index >= 15 is 0 Å². The van der Waals surface area contributed by atoms with Crippen molar-refractivity contribution in [3.63, 3.8) is 0 Å². The Bertz CT molecular complexity index is 961. The van der Waals surface area contributed by atoms with E-state index in [1.165, 1.54) is 6.92 Å². The summed E-state index contributed by atoms with van der Waals surface area (Å²) < 4.78 is 0. The Morgan fingerprint density at radius 2 is 1.48 bits per heavy atom. The van der Waals surface area contributed by atoms with E-state index in [0.717, 1.165) is 16.7 Å². The number of hydrogen-bond acceptors (Lipinski definition) is 2. The zero-order valence-electron chi connectivity index (χ0n) is 16.2. The third-order valence-electron chi connectivity index (χ3n) is 4.69. The SMILES string of the molecule is CC(=O)N(Cc1ccccc1)C(C(=O)NCc1ccccc1Cl)c1ccccc1. The fraction of sp³-hybridized carbons (Fsp3) is 0.167. The molecule has 5 heteroatoms. The van der Waals surface area contributed by atoms with Crippen LogP contribution in [0.2, 0.25) is 5.02 Å². The van der Waals surface area contributed by atoms with Crippen LogP contribution in [0.1, 0.15) is 29.7 Å². The molecule has 3 aromatic carbocycles. The molecule has 3 aromatic rings. The number of nitrogens with one attached hydrogen (secondary N) is 1. The molecule has 0 fully saturated rings. The highest BCUT2D eigenvalue weighted by molar-refractivity contribution is 6.31. The van der Waals surface area contributed by atoms with Gasteiger partial charge < -0.3 is 10.2 Å². The lowest BCUT2D eigenvalue weighted by molar-refractivity contribution is -0.140. The second-order valence-corrected chi connectivity index (χ2v) is 7.16. The molecule has 0 bridgehead atoms. The molecule has 29 heavy (non-hydrogen) atoms. The quantitative estimate of drug-likeness (QED) is 0.615. The molecule has 4 nitrogen and oxygen atoms in total. The predicted molar refractivity (Wildman–Crippen MR) is 115 cm³/mol. The van der Waals surface area contributed by atoms with Gasteiger partial charge in [0.15, 0.2) is 0 Å². The third-order valence-corrected chi connectivity index (χ3v) is 5.06. The number of rotatable bonds is 7. The molecule has 0 saturated carbocycles. The van der Waals surface area contributed by atoms with E-state index in [1.54, 1.807) is 11.0 Å². The molecule has 2 amide bonds. The molecule has 0 saturated heterocycles. The monoisotopic (exact) mass is 406 g/mol. The maximum absolute atomic E-state index is 13.2. The van der Waals surface area contributed by atoms with E-state index in [0.29, 0.717) is 18.1 Å². The van der Waals surface area contributed by atoms with Crippen molar-refractivity contribution in [1.82, 2.24) is 10.2 Å². The number of nitrogens with zero attached hydrogens (tertiary/aromatic N) is 1. The van der Waals surface area contributed by atoms with Crippen molar-refractivity contribution in [1.29, 1.82) is 0 Å². The van der Waals surface area contributed by atoms with E-state index < -0.39 is 6.04 Å². The lowest BCUT2D eigenvalue weighted by Crippen LogP contribution is -2.42. The summed E-state index contributed by atoms with van der Waals surface area (Å²) in [4.78, 5) is 27.3. The molecule has 0 heterocycles. The van der Waals surface area contributed by atoms with Crippen LogP contribution in [-0.4, -0.2) is 16.7 Å². The van der Waals surface area contributed by atoms with Crippen LogP contribution < -0.4 is 5.32 Å². The van der Waals surface area contributed by atoms with Gasteiger partial charge in [0.25, 0.3) is 0 Å². The van der Waals surface area contributed by atoms with Crippen molar-refractivity contribution in [2.75, 3.05) is 0 Å². The first-order valence-electron chi connectivity index (χ1n) is 9.43. The van der Waals surface area contributed by atoms with Crippen LogP contribution in [0.25, 0.3) is 0 Å². The first kappa shape index (κ1) is 20.6. The minimum absolute atomic E-state index is 0.171. The predicted octanol–water partition coefficient (Wildman–Crippen LogP) is 4.75. The standard InChI is InChI=1S/C24H23ClN2O2/c1-18(28)27(17-19-10-4-2-5-11-19)23(20-12-6-3-7-13-20)24(29)26-16-21-14-8-9-15-22(21)25/h2-15,23H,16-17H2,1H3,(H,26,29). The summed E-state index contributed by atoms with van der Waals surface area (Å²) in [5.74, 6) is -0.419. The van der Waals surface area contributed by atoms with Gasteiger partial charge in [0.05, 0.1) is 0 Å². The zero-order valence-corrected chi connectivity index (χ0v) is 17.0. The first-order valence-corrected chi connectivity index (χ1v) is 9.81. The highest BCUT2D eigenvalue weighted by atomic mass is 35.5. The van der Waals surface area contributed by atoms with Crippen LogP contribution in [0, 0.1) is 0 Å². The molecule has 0 aliphatic heterocycles. The Morgan fingerprint density at radius 3 is 2.10 bits per heavy atom. The van der Waals surface area contributed by atoms with Gasteiger partial charge >= 0.3 is 0 Å². The molecular formula is C24H23ClN2O2. The van der Waals surface area contributed by atoms with Crippen LogP contribution in [0.3, 0.4) is 0 Å². The summed E-state index contributed by atoms with van der Waals surface area (Å²) in [5.41, 5.74) is 2.55. The zero-order chi connectivity index (χ0) is 20.6. The van der Waals surface area contributed by atoms with Gasteiger partial charge in [-0.3, -0.25) is 9.59 Å². The van der Waals surface area contributed by atoms with E-state index in [1.807, 2.05) is 78.9 Å². The molecule has 0 aliphatic rings. The van der Waals surface area contributed by atoms with Gasteiger partial charge in [0.2, 0.25) is 11.8 Å². The molecule has 1 atom stereocenters. The van der Waals surface area contributed by atoms with E-state index in [2.05, 4.69) is 5.32 Å². The minimum Gasteiger partial charge on any atom is -0.350 e. The van der Waals surface area contributed by atoms with Crippen molar-refractivity contribution in [2.24, 2.45) is 0 Å². The second-order valence-electron chi connectivity index (χ2n) is 6.75. The van der Waals surface area contributed by atoms with Crippen LogP contribution in [0.5, 0.6) is 0 Å². The summed E-state index contributed by atoms with van der Waals surface area (Å²) in [6, 6.07) is 25.6. The van der Waals surface area contributed by atoms with Crippen LogP contribution in [0.4, 0.5) is 0 Å². The average molecular weight is 407 g/mol. The number of halogens is 1. The molecule has 0 spiro atoms. The summed E-state index contributed by atoms with van der Waals surface area (Å²) >= 11 is 6.21. The molecular weight excluding hydrogens is 384 g/mol. The van der Waals surface area contributed by atoms with Gasteiger partial charge in [-0.15, -0.1) is 0 Å². The summed E-state index contributed by atoms with van der Waals surface area (Å²) in [5, 5.41) is 3.54. The molecule has 3 rings (SSSR count). The molecule has 0 aromatic heterocycles. The topological polar surface area (TPSA) is 49.4 Å². The lowest BCUT2D eigenvalue weighted by Gasteiger charge is -2.30. The van der Waals surface area contributed by atoms with Gasteiger partial charge in [-0.25, -0.2) is 0 Å².